The summed E-state index contributed by atoms with van der Waals surface area (Å²) in [4.78, 5) is 26.0. The summed E-state index contributed by atoms with van der Waals surface area (Å²) in [5.41, 5.74) is 5.44. The van der Waals surface area contributed by atoms with Crippen LogP contribution in [-0.4, -0.2) is 37.9 Å². The molecule has 200 valence electrons. The van der Waals surface area contributed by atoms with Gasteiger partial charge in [-0.15, -0.1) is 5.10 Å². The van der Waals surface area contributed by atoms with Crippen molar-refractivity contribution in [2.45, 2.75) is 51.5 Å². The van der Waals surface area contributed by atoms with Gasteiger partial charge in [0.15, 0.2) is 5.78 Å². The Kier molecular flexibility index (Phi) is 8.47. The lowest BCUT2D eigenvalue weighted by Gasteiger charge is -2.18. The molecule has 1 saturated carbocycles. The van der Waals surface area contributed by atoms with Gasteiger partial charge in [0.2, 0.25) is 5.91 Å². The van der Waals surface area contributed by atoms with E-state index in [9.17, 15) is 9.59 Å². The fraction of sp³-hybridized carbons (Fsp3) is 0.323. The number of carbonyl (C=O) groups is 2. The fourth-order valence-electron chi connectivity index (χ4n) is 5.54. The standard InChI is InChI=1S/C31H32ClN5O2/c1-21(30(38)16-13-25-19-27(32)14-15-29(25)37-20-33-35-36-37)34-31(39)26-12-11-22(18-26)17-24-9-5-6-10-28(24)23-7-3-2-4-8-23/h2-10,14-15,19-22,26H,11-13,16-18H2,1H3,(H,34,39)/t21-,22-,26+/m0/s1. The summed E-state index contributed by atoms with van der Waals surface area (Å²) < 4.78 is 1.55. The molecule has 3 aromatic carbocycles. The molecule has 8 heteroatoms. The van der Waals surface area contributed by atoms with Gasteiger partial charge < -0.3 is 5.32 Å². The first-order valence-corrected chi connectivity index (χ1v) is 13.8. The number of ketones is 1. The molecule has 1 aromatic heterocycles. The summed E-state index contributed by atoms with van der Waals surface area (Å²) in [6.07, 6.45) is 5.91. The van der Waals surface area contributed by atoms with Crippen LogP contribution < -0.4 is 5.32 Å². The molecule has 5 rings (SSSR count). The molecule has 1 fully saturated rings. The Morgan fingerprint density at radius 1 is 1.03 bits per heavy atom. The maximum Gasteiger partial charge on any atom is 0.223 e. The maximum atomic E-state index is 13.1. The second kappa shape index (κ2) is 12.3. The van der Waals surface area contributed by atoms with Crippen molar-refractivity contribution in [1.29, 1.82) is 0 Å². The van der Waals surface area contributed by atoms with Gasteiger partial charge in [0.25, 0.3) is 0 Å². The number of benzene rings is 3. The molecule has 1 aliphatic carbocycles. The van der Waals surface area contributed by atoms with E-state index in [0.717, 1.165) is 36.9 Å². The molecule has 1 aliphatic rings. The van der Waals surface area contributed by atoms with Gasteiger partial charge in [0.1, 0.15) is 6.33 Å². The normalized spacial score (nSPS) is 17.6. The van der Waals surface area contributed by atoms with Crippen LogP contribution in [0, 0.1) is 11.8 Å². The minimum atomic E-state index is -0.550. The largest absolute Gasteiger partial charge is 0.346 e. The van der Waals surface area contributed by atoms with Crippen molar-refractivity contribution in [3.63, 3.8) is 0 Å². The number of amides is 1. The summed E-state index contributed by atoms with van der Waals surface area (Å²) in [7, 11) is 0. The van der Waals surface area contributed by atoms with E-state index < -0.39 is 6.04 Å². The van der Waals surface area contributed by atoms with Crippen LogP contribution in [0.3, 0.4) is 0 Å². The Labute approximate surface area is 233 Å². The van der Waals surface area contributed by atoms with Crippen molar-refractivity contribution in [3.05, 3.63) is 95.3 Å². The summed E-state index contributed by atoms with van der Waals surface area (Å²) >= 11 is 6.20. The number of nitrogens with one attached hydrogen (secondary N) is 1. The Hall–Kier alpha value is -3.84. The molecule has 1 amide bonds. The number of nitrogens with zero attached hydrogens (tertiary/aromatic N) is 4. The van der Waals surface area contributed by atoms with Crippen LogP contribution in [0.2, 0.25) is 5.02 Å². The Morgan fingerprint density at radius 2 is 1.82 bits per heavy atom. The van der Waals surface area contributed by atoms with Crippen molar-refractivity contribution in [1.82, 2.24) is 25.5 Å². The van der Waals surface area contributed by atoms with Crippen molar-refractivity contribution >= 4 is 23.3 Å². The number of Topliss-reactive ketones (excluding diaryl/α,β-unsaturated/α-hetero) is 1. The minimum absolute atomic E-state index is 0.0164. The molecule has 1 heterocycles. The third-order valence-electron chi connectivity index (χ3n) is 7.64. The number of halogens is 1. The Bertz CT molecular complexity index is 1420. The van der Waals surface area contributed by atoms with Crippen LogP contribution in [0.4, 0.5) is 0 Å². The molecule has 39 heavy (non-hydrogen) atoms. The molecule has 0 saturated heterocycles. The summed E-state index contributed by atoms with van der Waals surface area (Å²) in [6, 6.07) is 23.8. The Morgan fingerprint density at radius 3 is 2.62 bits per heavy atom. The average Bonchev–Trinajstić information content (AvgIpc) is 3.65. The van der Waals surface area contributed by atoms with E-state index in [-0.39, 0.29) is 24.0 Å². The number of rotatable bonds is 10. The molecule has 0 spiro atoms. The molecule has 0 bridgehead atoms. The zero-order chi connectivity index (χ0) is 27.2. The highest BCUT2D eigenvalue weighted by atomic mass is 35.5. The number of hydrogen-bond acceptors (Lipinski definition) is 5. The first-order chi connectivity index (χ1) is 19.0. The quantitative estimate of drug-likeness (QED) is 0.280. The predicted molar refractivity (Wildman–Crippen MR) is 152 cm³/mol. The molecule has 4 aromatic rings. The van der Waals surface area contributed by atoms with E-state index in [2.05, 4.69) is 69.4 Å². The van der Waals surface area contributed by atoms with E-state index in [1.807, 2.05) is 18.2 Å². The predicted octanol–water partition coefficient (Wildman–Crippen LogP) is 5.65. The van der Waals surface area contributed by atoms with Gasteiger partial charge >= 0.3 is 0 Å². The van der Waals surface area contributed by atoms with Crippen molar-refractivity contribution in [2.24, 2.45) is 11.8 Å². The fourth-order valence-corrected chi connectivity index (χ4v) is 5.74. The van der Waals surface area contributed by atoms with Crippen LogP contribution in [0.5, 0.6) is 0 Å². The second-order valence-corrected chi connectivity index (χ2v) is 10.8. The molecule has 0 unspecified atom stereocenters. The molecule has 7 nitrogen and oxygen atoms in total. The van der Waals surface area contributed by atoms with Gasteiger partial charge in [0, 0.05) is 17.4 Å². The van der Waals surface area contributed by atoms with E-state index in [0.29, 0.717) is 17.4 Å². The SMILES string of the molecule is C[C@H](NC(=O)[C@@H]1CC[C@@H](Cc2ccccc2-c2ccccc2)C1)C(=O)CCc1cc(Cl)ccc1-n1cnnn1. The number of tetrazole rings is 1. The summed E-state index contributed by atoms with van der Waals surface area (Å²) in [5, 5.41) is 14.9. The van der Waals surface area contributed by atoms with Gasteiger partial charge in [-0.2, -0.15) is 0 Å². The number of aryl methyl sites for hydroxylation is 1. The van der Waals surface area contributed by atoms with Gasteiger partial charge in [0.05, 0.1) is 11.7 Å². The van der Waals surface area contributed by atoms with Gasteiger partial charge in [-0.05, 0) is 95.8 Å². The summed E-state index contributed by atoms with van der Waals surface area (Å²) in [6.45, 7) is 1.77. The van der Waals surface area contributed by atoms with Crippen molar-refractivity contribution in [2.75, 3.05) is 0 Å². The molecule has 3 atom stereocenters. The molecule has 0 radical (unpaired) electrons. The highest BCUT2D eigenvalue weighted by molar-refractivity contribution is 6.30. The first-order valence-electron chi connectivity index (χ1n) is 13.5. The van der Waals surface area contributed by atoms with Crippen LogP contribution >= 0.6 is 11.6 Å². The van der Waals surface area contributed by atoms with E-state index in [4.69, 9.17) is 11.6 Å². The highest BCUT2D eigenvalue weighted by Gasteiger charge is 2.31. The van der Waals surface area contributed by atoms with Gasteiger partial charge in [-0.1, -0.05) is 66.2 Å². The Balaban J connectivity index is 1.14. The lowest BCUT2D eigenvalue weighted by atomic mass is 9.91. The maximum absolute atomic E-state index is 13.1. The topological polar surface area (TPSA) is 89.8 Å². The summed E-state index contributed by atoms with van der Waals surface area (Å²) in [5.74, 6) is 0.349. The minimum Gasteiger partial charge on any atom is -0.346 e. The van der Waals surface area contributed by atoms with Crippen LogP contribution in [0.1, 0.15) is 43.7 Å². The van der Waals surface area contributed by atoms with Crippen molar-refractivity contribution < 1.29 is 9.59 Å². The smallest absolute Gasteiger partial charge is 0.223 e. The van der Waals surface area contributed by atoms with E-state index >= 15 is 0 Å². The highest BCUT2D eigenvalue weighted by Crippen LogP contribution is 2.36. The molecular weight excluding hydrogens is 510 g/mol. The zero-order valence-corrected chi connectivity index (χ0v) is 22.7. The monoisotopic (exact) mass is 541 g/mol. The number of carbonyl (C=O) groups excluding carboxylic acids is 2. The van der Waals surface area contributed by atoms with E-state index in [1.165, 1.54) is 23.0 Å². The number of aromatic nitrogens is 4. The third-order valence-corrected chi connectivity index (χ3v) is 7.88. The molecule has 0 aliphatic heterocycles. The van der Waals surface area contributed by atoms with Crippen molar-refractivity contribution in [3.8, 4) is 16.8 Å². The lowest BCUT2D eigenvalue weighted by molar-refractivity contribution is -0.129. The van der Waals surface area contributed by atoms with Crippen LogP contribution in [0.25, 0.3) is 16.8 Å². The van der Waals surface area contributed by atoms with E-state index in [1.54, 1.807) is 17.7 Å². The third kappa shape index (κ3) is 6.60. The van der Waals surface area contributed by atoms with Crippen LogP contribution in [-0.2, 0) is 22.4 Å². The number of hydrogen-bond donors (Lipinski definition) is 1. The molecular formula is C31H32ClN5O2. The van der Waals surface area contributed by atoms with Crippen LogP contribution in [0.15, 0.2) is 79.1 Å². The first kappa shape index (κ1) is 26.8. The van der Waals surface area contributed by atoms with Gasteiger partial charge in [-0.25, -0.2) is 4.68 Å². The zero-order valence-electron chi connectivity index (χ0n) is 22.0. The van der Waals surface area contributed by atoms with Gasteiger partial charge in [-0.3, -0.25) is 9.59 Å². The average molecular weight is 542 g/mol. The molecule has 1 N–H and O–H groups in total. The lowest BCUT2D eigenvalue weighted by Crippen LogP contribution is -2.41. The second-order valence-electron chi connectivity index (χ2n) is 10.3.